The average molecular weight is 363 g/mol. The maximum absolute atomic E-state index is 13.4. The second-order valence-electron chi connectivity index (χ2n) is 5.64. The first-order valence-electron chi connectivity index (χ1n) is 7.92. The molecule has 1 aliphatic heterocycles. The lowest BCUT2D eigenvalue weighted by atomic mass is 10.1. The SMILES string of the molecule is COc1ccc(OC)c(S(=O)(=O)N2CCNCC2c2cccnc2)c1. The van der Waals surface area contributed by atoms with Gasteiger partial charge in [0.25, 0.3) is 0 Å². The molecule has 1 atom stereocenters. The topological polar surface area (TPSA) is 80.8 Å². The molecule has 3 rings (SSSR count). The van der Waals surface area contributed by atoms with Gasteiger partial charge in [-0.15, -0.1) is 0 Å². The van der Waals surface area contributed by atoms with E-state index >= 15 is 0 Å². The van der Waals surface area contributed by atoms with Crippen LogP contribution in [0.5, 0.6) is 11.5 Å². The maximum Gasteiger partial charge on any atom is 0.247 e. The minimum atomic E-state index is -3.77. The summed E-state index contributed by atoms with van der Waals surface area (Å²) in [5.74, 6) is 0.761. The molecule has 0 aliphatic carbocycles. The van der Waals surface area contributed by atoms with E-state index < -0.39 is 10.0 Å². The highest BCUT2D eigenvalue weighted by Gasteiger charge is 2.36. The van der Waals surface area contributed by atoms with Crippen molar-refractivity contribution in [2.24, 2.45) is 0 Å². The molecule has 2 heterocycles. The van der Waals surface area contributed by atoms with Crippen LogP contribution in [0.3, 0.4) is 0 Å². The zero-order chi connectivity index (χ0) is 17.9. The molecule has 1 aromatic heterocycles. The van der Waals surface area contributed by atoms with Crippen LogP contribution in [0, 0.1) is 0 Å². The largest absolute Gasteiger partial charge is 0.497 e. The second-order valence-corrected chi connectivity index (χ2v) is 7.50. The van der Waals surface area contributed by atoms with Gasteiger partial charge in [0.2, 0.25) is 10.0 Å². The number of pyridine rings is 1. The van der Waals surface area contributed by atoms with Crippen LogP contribution in [0.4, 0.5) is 0 Å². The van der Waals surface area contributed by atoms with E-state index in [1.165, 1.54) is 24.6 Å². The predicted molar refractivity (Wildman–Crippen MR) is 93.3 cm³/mol. The summed E-state index contributed by atoms with van der Waals surface area (Å²) in [5.41, 5.74) is 0.847. The molecular weight excluding hydrogens is 342 g/mol. The Bertz CT molecular complexity index is 827. The zero-order valence-corrected chi connectivity index (χ0v) is 15.0. The molecule has 25 heavy (non-hydrogen) atoms. The molecule has 0 radical (unpaired) electrons. The summed E-state index contributed by atoms with van der Waals surface area (Å²) >= 11 is 0. The first-order chi connectivity index (χ1) is 12.1. The highest BCUT2D eigenvalue weighted by molar-refractivity contribution is 7.89. The smallest absolute Gasteiger partial charge is 0.247 e. The summed E-state index contributed by atoms with van der Waals surface area (Å²) in [6.07, 6.45) is 3.37. The quantitative estimate of drug-likeness (QED) is 0.866. The molecule has 1 N–H and O–H groups in total. The Morgan fingerprint density at radius 1 is 1.24 bits per heavy atom. The molecule has 0 amide bonds. The van der Waals surface area contributed by atoms with Crippen molar-refractivity contribution in [3.05, 3.63) is 48.3 Å². The van der Waals surface area contributed by atoms with E-state index in [9.17, 15) is 8.42 Å². The van der Waals surface area contributed by atoms with E-state index in [4.69, 9.17) is 9.47 Å². The minimum Gasteiger partial charge on any atom is -0.497 e. The third-order valence-corrected chi connectivity index (χ3v) is 6.15. The molecule has 1 aliphatic rings. The predicted octanol–water partition coefficient (Wildman–Crippen LogP) is 1.43. The van der Waals surface area contributed by atoms with Crippen molar-refractivity contribution in [2.75, 3.05) is 33.9 Å². The molecule has 1 fully saturated rings. The van der Waals surface area contributed by atoms with Crippen LogP contribution in [-0.4, -0.2) is 51.6 Å². The first kappa shape index (κ1) is 17.7. The number of methoxy groups -OCH3 is 2. The Morgan fingerprint density at radius 3 is 2.76 bits per heavy atom. The van der Waals surface area contributed by atoms with Gasteiger partial charge in [-0.1, -0.05) is 6.07 Å². The molecule has 1 aromatic carbocycles. The van der Waals surface area contributed by atoms with E-state index in [-0.39, 0.29) is 10.9 Å². The number of nitrogens with zero attached hydrogens (tertiary/aromatic N) is 2. The summed E-state index contributed by atoms with van der Waals surface area (Å²) in [7, 11) is -0.817. The Hall–Kier alpha value is -2.16. The number of aromatic nitrogens is 1. The van der Waals surface area contributed by atoms with Crippen LogP contribution in [0.2, 0.25) is 0 Å². The van der Waals surface area contributed by atoms with E-state index in [0.717, 1.165) is 5.56 Å². The molecule has 1 saturated heterocycles. The highest BCUT2D eigenvalue weighted by Crippen LogP contribution is 2.34. The standard InChI is InChI=1S/C17H21N3O4S/c1-23-14-5-6-16(24-2)17(10-14)25(21,22)20-9-8-19-12-15(20)13-4-3-7-18-11-13/h3-7,10-11,15,19H,8-9,12H2,1-2H3. The number of hydrogen-bond donors (Lipinski definition) is 1. The Morgan fingerprint density at radius 2 is 2.08 bits per heavy atom. The van der Waals surface area contributed by atoms with Gasteiger partial charge in [0.05, 0.1) is 20.3 Å². The van der Waals surface area contributed by atoms with Crippen LogP contribution in [0.15, 0.2) is 47.6 Å². The van der Waals surface area contributed by atoms with Gasteiger partial charge in [0.1, 0.15) is 16.4 Å². The monoisotopic (exact) mass is 363 g/mol. The summed E-state index contributed by atoms with van der Waals surface area (Å²) in [6, 6.07) is 8.14. The lowest BCUT2D eigenvalue weighted by Gasteiger charge is -2.35. The maximum atomic E-state index is 13.4. The minimum absolute atomic E-state index is 0.102. The number of ether oxygens (including phenoxy) is 2. The third-order valence-electron chi connectivity index (χ3n) is 4.22. The van der Waals surface area contributed by atoms with Crippen molar-refractivity contribution in [1.29, 1.82) is 0 Å². The zero-order valence-electron chi connectivity index (χ0n) is 14.2. The summed E-state index contributed by atoms with van der Waals surface area (Å²) in [5, 5.41) is 3.25. The fourth-order valence-corrected chi connectivity index (χ4v) is 4.73. The Balaban J connectivity index is 2.06. The second kappa shape index (κ2) is 7.38. The molecule has 2 aromatic rings. The Kier molecular flexibility index (Phi) is 5.22. The lowest BCUT2D eigenvalue weighted by molar-refractivity contribution is 0.269. The molecule has 0 bridgehead atoms. The molecular formula is C17H21N3O4S. The van der Waals surface area contributed by atoms with Crippen molar-refractivity contribution in [2.45, 2.75) is 10.9 Å². The fraction of sp³-hybridized carbons (Fsp3) is 0.353. The van der Waals surface area contributed by atoms with Gasteiger partial charge in [-0.2, -0.15) is 4.31 Å². The van der Waals surface area contributed by atoms with Gasteiger partial charge in [-0.25, -0.2) is 8.42 Å². The third kappa shape index (κ3) is 3.46. The Labute approximate surface area is 147 Å². The van der Waals surface area contributed by atoms with Crippen LogP contribution >= 0.6 is 0 Å². The van der Waals surface area contributed by atoms with Crippen LogP contribution in [0.1, 0.15) is 11.6 Å². The number of rotatable bonds is 5. The average Bonchev–Trinajstić information content (AvgIpc) is 2.68. The summed E-state index contributed by atoms with van der Waals surface area (Å²) in [6.45, 7) is 1.47. The van der Waals surface area contributed by atoms with Gasteiger partial charge in [0, 0.05) is 38.1 Å². The fourth-order valence-electron chi connectivity index (χ4n) is 2.94. The number of hydrogen-bond acceptors (Lipinski definition) is 6. The molecule has 0 saturated carbocycles. The van der Waals surface area contributed by atoms with Crippen LogP contribution in [-0.2, 0) is 10.0 Å². The van der Waals surface area contributed by atoms with Gasteiger partial charge >= 0.3 is 0 Å². The van der Waals surface area contributed by atoms with Gasteiger partial charge in [0.15, 0.2) is 0 Å². The van der Waals surface area contributed by atoms with E-state index in [1.54, 1.807) is 30.6 Å². The molecule has 134 valence electrons. The van der Waals surface area contributed by atoms with E-state index in [2.05, 4.69) is 10.3 Å². The number of piperazine rings is 1. The van der Waals surface area contributed by atoms with Crippen LogP contribution in [0.25, 0.3) is 0 Å². The van der Waals surface area contributed by atoms with Crippen molar-refractivity contribution in [3.8, 4) is 11.5 Å². The van der Waals surface area contributed by atoms with Crippen molar-refractivity contribution in [1.82, 2.24) is 14.6 Å². The van der Waals surface area contributed by atoms with E-state index in [0.29, 0.717) is 31.1 Å². The van der Waals surface area contributed by atoms with Crippen LogP contribution < -0.4 is 14.8 Å². The van der Waals surface area contributed by atoms with Gasteiger partial charge in [-0.05, 0) is 23.8 Å². The molecule has 7 nitrogen and oxygen atoms in total. The molecule has 0 spiro atoms. The van der Waals surface area contributed by atoms with Gasteiger partial charge < -0.3 is 14.8 Å². The van der Waals surface area contributed by atoms with Gasteiger partial charge in [-0.3, -0.25) is 4.98 Å². The van der Waals surface area contributed by atoms with Crippen molar-refractivity contribution < 1.29 is 17.9 Å². The lowest BCUT2D eigenvalue weighted by Crippen LogP contribution is -2.48. The normalized spacial score (nSPS) is 18.7. The first-order valence-corrected chi connectivity index (χ1v) is 9.36. The molecule has 8 heteroatoms. The summed E-state index contributed by atoms with van der Waals surface area (Å²) in [4.78, 5) is 4.22. The number of sulfonamides is 1. The van der Waals surface area contributed by atoms with E-state index in [1.807, 2.05) is 6.07 Å². The number of benzene rings is 1. The highest BCUT2D eigenvalue weighted by atomic mass is 32.2. The molecule has 1 unspecified atom stereocenters. The number of nitrogens with one attached hydrogen (secondary N) is 1. The summed E-state index contributed by atoms with van der Waals surface area (Å²) < 4.78 is 38.7. The van der Waals surface area contributed by atoms with Crippen molar-refractivity contribution >= 4 is 10.0 Å². The van der Waals surface area contributed by atoms with Crippen molar-refractivity contribution in [3.63, 3.8) is 0 Å².